The summed E-state index contributed by atoms with van der Waals surface area (Å²) in [6.45, 7) is 8.67. The predicted molar refractivity (Wildman–Crippen MR) is 52.3 cm³/mol. The predicted octanol–water partition coefficient (Wildman–Crippen LogP) is 3.39. The summed E-state index contributed by atoms with van der Waals surface area (Å²) in [7, 11) is 0. The normalized spacial score (nSPS) is 10.9. The van der Waals surface area contributed by atoms with Gasteiger partial charge in [-0.15, -0.1) is 11.3 Å². The Morgan fingerprint density at radius 2 is 1.91 bits per heavy atom. The minimum Gasteiger partial charge on any atom is -0.250 e. The molecule has 0 N–H and O–H groups in total. The van der Waals surface area contributed by atoms with E-state index in [9.17, 15) is 0 Å². The number of hydrogen-bond acceptors (Lipinski definition) is 2. The van der Waals surface area contributed by atoms with E-state index in [1.165, 1.54) is 4.88 Å². The van der Waals surface area contributed by atoms with Gasteiger partial charge in [0.2, 0.25) is 0 Å². The summed E-state index contributed by atoms with van der Waals surface area (Å²) in [4.78, 5) is 5.57. The van der Waals surface area contributed by atoms with Crippen LogP contribution in [0.3, 0.4) is 0 Å². The number of hydrogen-bond donors (Lipinski definition) is 0. The van der Waals surface area contributed by atoms with Crippen LogP contribution in [0.25, 0.3) is 0 Å². The number of aromatic nitrogens is 1. The van der Waals surface area contributed by atoms with Crippen LogP contribution in [0.2, 0.25) is 0 Å². The Morgan fingerprint density at radius 3 is 2.09 bits per heavy atom. The van der Waals surface area contributed by atoms with Gasteiger partial charge in [0.25, 0.3) is 0 Å². The maximum Gasteiger partial charge on any atom is 0.0896 e. The van der Waals surface area contributed by atoms with E-state index in [0.717, 1.165) is 5.01 Å². The minimum atomic E-state index is 0. The van der Waals surface area contributed by atoms with Crippen molar-refractivity contribution in [3.63, 3.8) is 0 Å². The number of thiazole rings is 1. The summed E-state index contributed by atoms with van der Waals surface area (Å²) in [5.74, 6) is 0. The molecule has 1 aromatic rings. The molecule has 0 saturated heterocycles. The molecule has 1 aromatic heterocycles. The molecule has 0 spiro atoms. The fraction of sp³-hybridized carbons (Fsp3) is 0.667. The van der Waals surface area contributed by atoms with Crippen molar-refractivity contribution in [2.45, 2.75) is 40.5 Å². The van der Waals surface area contributed by atoms with Crippen LogP contribution < -0.4 is 0 Å². The highest BCUT2D eigenvalue weighted by Crippen LogP contribution is 2.26. The largest absolute Gasteiger partial charge is 0.250 e. The second-order valence-electron chi connectivity index (χ2n) is 3.49. The second kappa shape index (κ2) is 3.35. The molecule has 0 aliphatic rings. The Morgan fingerprint density at radius 1 is 1.36 bits per heavy atom. The molecule has 0 fully saturated rings. The Labute approximate surface area is 73.5 Å². The molecule has 1 nitrogen and oxygen atoms in total. The summed E-state index contributed by atoms with van der Waals surface area (Å²) in [5.41, 5.74) is 0.270. The molecule has 1 rings (SSSR count). The Balaban J connectivity index is 0.000001000. The molecule has 1 heterocycles. The van der Waals surface area contributed by atoms with Gasteiger partial charge in [-0.2, -0.15) is 0 Å². The van der Waals surface area contributed by atoms with E-state index in [1.54, 1.807) is 11.3 Å². The Hall–Kier alpha value is -0.370. The molecule has 0 atom stereocenters. The van der Waals surface area contributed by atoms with E-state index in [1.807, 2.05) is 13.1 Å². The third kappa shape index (κ3) is 2.62. The molecule has 0 amide bonds. The highest BCUT2D eigenvalue weighted by molar-refractivity contribution is 7.11. The smallest absolute Gasteiger partial charge is 0.0896 e. The first-order chi connectivity index (χ1) is 4.50. The fourth-order valence-corrected chi connectivity index (χ4v) is 1.54. The zero-order valence-electron chi connectivity index (χ0n) is 6.93. The van der Waals surface area contributed by atoms with Crippen molar-refractivity contribution >= 4 is 11.3 Å². The summed E-state index contributed by atoms with van der Waals surface area (Å²) in [6.07, 6.45) is 1.97. The zero-order valence-corrected chi connectivity index (χ0v) is 7.75. The molecule has 11 heavy (non-hydrogen) atoms. The van der Waals surface area contributed by atoms with E-state index in [2.05, 4.69) is 25.8 Å². The summed E-state index contributed by atoms with van der Waals surface area (Å²) in [5, 5.41) is 1.16. The lowest BCUT2D eigenvalue weighted by molar-refractivity contribution is 0.602. The molecule has 0 unspecified atom stereocenters. The first-order valence-electron chi connectivity index (χ1n) is 3.43. The number of rotatable bonds is 0. The average molecular weight is 171 g/mol. The van der Waals surface area contributed by atoms with Crippen molar-refractivity contribution in [3.8, 4) is 0 Å². The minimum absolute atomic E-state index is 0. The highest BCUT2D eigenvalue weighted by atomic mass is 32.1. The van der Waals surface area contributed by atoms with Crippen molar-refractivity contribution in [2.24, 2.45) is 0 Å². The summed E-state index contributed by atoms with van der Waals surface area (Å²) in [6, 6.07) is 0. The van der Waals surface area contributed by atoms with Crippen LogP contribution in [0.1, 0.15) is 38.1 Å². The maximum absolute atomic E-state index is 4.20. The van der Waals surface area contributed by atoms with Gasteiger partial charge in [-0.05, 0) is 12.3 Å². The Bertz CT molecular complexity index is 220. The highest BCUT2D eigenvalue weighted by Gasteiger charge is 2.15. The standard InChI is InChI=1S/C8H13NS.CH4/c1-6-9-5-7(10-6)8(2,3)4;/h5H,1-4H3;1H4. The molecule has 0 aromatic carbocycles. The van der Waals surface area contributed by atoms with Gasteiger partial charge in [-0.3, -0.25) is 0 Å². The molecule has 2 heteroatoms. The van der Waals surface area contributed by atoms with E-state index < -0.39 is 0 Å². The molecule has 0 radical (unpaired) electrons. The third-order valence-electron chi connectivity index (χ3n) is 1.36. The summed E-state index contributed by atoms with van der Waals surface area (Å²) >= 11 is 1.78. The molecular formula is C9H17NS. The molecule has 0 bridgehead atoms. The van der Waals surface area contributed by atoms with E-state index >= 15 is 0 Å². The van der Waals surface area contributed by atoms with E-state index in [0.29, 0.717) is 0 Å². The van der Waals surface area contributed by atoms with Gasteiger partial charge < -0.3 is 0 Å². The van der Waals surface area contributed by atoms with Crippen LogP contribution in [0.4, 0.5) is 0 Å². The lowest BCUT2D eigenvalue weighted by Crippen LogP contribution is -2.07. The van der Waals surface area contributed by atoms with Crippen LogP contribution >= 0.6 is 11.3 Å². The molecule has 0 aliphatic heterocycles. The molecule has 64 valence electrons. The lowest BCUT2D eigenvalue weighted by Gasteiger charge is -2.14. The van der Waals surface area contributed by atoms with Gasteiger partial charge in [0.15, 0.2) is 0 Å². The first kappa shape index (κ1) is 10.6. The van der Waals surface area contributed by atoms with Gasteiger partial charge in [-0.25, -0.2) is 4.98 Å². The van der Waals surface area contributed by atoms with Crippen LogP contribution in [-0.2, 0) is 5.41 Å². The quantitative estimate of drug-likeness (QED) is 0.583. The topological polar surface area (TPSA) is 12.9 Å². The summed E-state index contributed by atoms with van der Waals surface area (Å²) < 4.78 is 0. The first-order valence-corrected chi connectivity index (χ1v) is 4.25. The maximum atomic E-state index is 4.20. The Kier molecular flexibility index (Phi) is 3.24. The monoisotopic (exact) mass is 171 g/mol. The zero-order chi connectivity index (χ0) is 7.78. The molecule has 0 saturated carbocycles. The van der Waals surface area contributed by atoms with Gasteiger partial charge in [-0.1, -0.05) is 28.2 Å². The fourth-order valence-electron chi connectivity index (χ4n) is 0.708. The van der Waals surface area contributed by atoms with Crippen molar-refractivity contribution < 1.29 is 0 Å². The van der Waals surface area contributed by atoms with Gasteiger partial charge in [0, 0.05) is 11.1 Å². The number of nitrogens with zero attached hydrogens (tertiary/aromatic N) is 1. The van der Waals surface area contributed by atoms with Crippen molar-refractivity contribution in [1.29, 1.82) is 0 Å². The lowest BCUT2D eigenvalue weighted by atomic mass is 9.96. The van der Waals surface area contributed by atoms with E-state index in [-0.39, 0.29) is 12.8 Å². The number of aryl methyl sites for hydroxylation is 1. The van der Waals surface area contributed by atoms with Crippen LogP contribution in [-0.4, -0.2) is 4.98 Å². The molecular weight excluding hydrogens is 154 g/mol. The van der Waals surface area contributed by atoms with Crippen LogP contribution in [0, 0.1) is 6.92 Å². The van der Waals surface area contributed by atoms with E-state index in [4.69, 9.17) is 0 Å². The van der Waals surface area contributed by atoms with Crippen LogP contribution in [0.15, 0.2) is 6.20 Å². The van der Waals surface area contributed by atoms with Gasteiger partial charge in [0.1, 0.15) is 0 Å². The third-order valence-corrected chi connectivity index (χ3v) is 2.70. The van der Waals surface area contributed by atoms with Gasteiger partial charge >= 0.3 is 0 Å². The second-order valence-corrected chi connectivity index (χ2v) is 4.73. The van der Waals surface area contributed by atoms with Gasteiger partial charge in [0.05, 0.1) is 5.01 Å². The van der Waals surface area contributed by atoms with Crippen molar-refractivity contribution in [3.05, 3.63) is 16.1 Å². The van der Waals surface area contributed by atoms with Crippen molar-refractivity contribution in [1.82, 2.24) is 4.98 Å². The molecule has 0 aliphatic carbocycles. The average Bonchev–Trinajstić information content (AvgIpc) is 2.11. The van der Waals surface area contributed by atoms with Crippen LogP contribution in [0.5, 0.6) is 0 Å². The SMILES string of the molecule is C.Cc1ncc(C(C)(C)C)s1. The van der Waals surface area contributed by atoms with Crippen molar-refractivity contribution in [2.75, 3.05) is 0 Å².